The van der Waals surface area contributed by atoms with E-state index in [1.54, 1.807) is 12.1 Å². The molecule has 0 spiro atoms. The van der Waals surface area contributed by atoms with E-state index >= 15 is 0 Å². The van der Waals surface area contributed by atoms with Gasteiger partial charge in [-0.05, 0) is 116 Å². The minimum absolute atomic E-state index is 0.0709. The highest BCUT2D eigenvalue weighted by atomic mass is 16.2. The topological polar surface area (TPSA) is 81.8 Å². The van der Waals surface area contributed by atoms with Crippen molar-refractivity contribution in [2.24, 2.45) is 11.8 Å². The number of nitrogens with one attached hydrogen (secondary N) is 2. The first-order valence-electron chi connectivity index (χ1n) is 19.4. The predicted molar refractivity (Wildman–Crippen MR) is 209 cm³/mol. The molecule has 4 aromatic carbocycles. The molecule has 2 aliphatic heterocycles. The average molecular weight is 699 g/mol. The zero-order chi connectivity index (χ0) is 36.0. The Labute approximate surface area is 309 Å². The zero-order valence-electron chi connectivity index (χ0n) is 30.5. The van der Waals surface area contributed by atoms with E-state index < -0.39 is 0 Å². The van der Waals surface area contributed by atoms with Gasteiger partial charge in [-0.1, -0.05) is 98.1 Å². The second-order valence-corrected chi connectivity index (χ2v) is 14.6. The minimum atomic E-state index is -0.262. The number of piperidine rings is 2. The highest BCUT2D eigenvalue weighted by Gasteiger charge is 2.24. The molecule has 7 heteroatoms. The monoisotopic (exact) mass is 698 g/mol. The molecule has 2 N–H and O–H groups in total. The number of benzene rings is 4. The van der Waals surface area contributed by atoms with Crippen molar-refractivity contribution in [2.75, 3.05) is 39.3 Å². The molecule has 7 nitrogen and oxygen atoms in total. The fourth-order valence-corrected chi connectivity index (χ4v) is 7.74. The predicted octanol–water partition coefficient (Wildman–Crippen LogP) is 7.77. The van der Waals surface area contributed by atoms with Crippen LogP contribution in [0.4, 0.5) is 0 Å². The summed E-state index contributed by atoms with van der Waals surface area (Å²) < 4.78 is 0. The maximum Gasteiger partial charge on any atom is 0.253 e. The van der Waals surface area contributed by atoms with Crippen LogP contribution >= 0.6 is 0 Å². The lowest BCUT2D eigenvalue weighted by Gasteiger charge is -2.32. The van der Waals surface area contributed by atoms with Crippen LogP contribution in [-0.4, -0.2) is 66.8 Å². The van der Waals surface area contributed by atoms with E-state index in [4.69, 9.17) is 0 Å². The quantitative estimate of drug-likeness (QED) is 0.133. The van der Waals surface area contributed by atoms with E-state index in [9.17, 15) is 14.4 Å². The molecule has 0 aliphatic carbocycles. The summed E-state index contributed by atoms with van der Waals surface area (Å²) in [5.41, 5.74) is 5.47. The SMILES string of the molecule is O=C(NCC(=O)N(CCCc1ccccc1)Cc1cccc(-c2cccc(C(=O)N3CCC(CCCC4CCNCC4)CC3)c2)c1)c1ccccc1. The van der Waals surface area contributed by atoms with Crippen molar-refractivity contribution in [2.45, 2.75) is 64.3 Å². The molecule has 3 amide bonds. The average Bonchev–Trinajstić information content (AvgIpc) is 3.20. The van der Waals surface area contributed by atoms with Gasteiger partial charge in [0.1, 0.15) is 0 Å². The Kier molecular flexibility index (Phi) is 13.7. The first kappa shape index (κ1) is 37.0. The first-order valence-corrected chi connectivity index (χ1v) is 19.4. The Morgan fingerprint density at radius 1 is 0.673 bits per heavy atom. The highest BCUT2D eigenvalue weighted by Crippen LogP contribution is 2.28. The van der Waals surface area contributed by atoms with E-state index in [0.717, 1.165) is 72.9 Å². The fraction of sp³-hybridized carbons (Fsp3) is 0.400. The molecule has 0 aromatic heterocycles. The van der Waals surface area contributed by atoms with Crippen LogP contribution in [0.2, 0.25) is 0 Å². The van der Waals surface area contributed by atoms with Crippen molar-refractivity contribution in [3.63, 3.8) is 0 Å². The maximum absolute atomic E-state index is 13.6. The molecular weight excluding hydrogens is 645 g/mol. The highest BCUT2D eigenvalue weighted by molar-refractivity contribution is 5.96. The normalized spacial score (nSPS) is 15.3. The van der Waals surface area contributed by atoms with E-state index in [-0.39, 0.29) is 24.3 Å². The van der Waals surface area contributed by atoms with Crippen LogP contribution in [0.3, 0.4) is 0 Å². The van der Waals surface area contributed by atoms with Crippen LogP contribution in [0.15, 0.2) is 109 Å². The summed E-state index contributed by atoms with van der Waals surface area (Å²) in [6.07, 6.45) is 10.4. The first-order chi connectivity index (χ1) is 25.5. The third kappa shape index (κ3) is 10.9. The lowest BCUT2D eigenvalue weighted by atomic mass is 9.87. The van der Waals surface area contributed by atoms with Crippen molar-refractivity contribution in [3.8, 4) is 11.1 Å². The molecule has 52 heavy (non-hydrogen) atoms. The number of nitrogens with zero attached hydrogens (tertiary/aromatic N) is 2. The largest absolute Gasteiger partial charge is 0.343 e. The number of hydrogen-bond donors (Lipinski definition) is 2. The van der Waals surface area contributed by atoms with E-state index in [1.807, 2.05) is 82.6 Å². The Morgan fingerprint density at radius 2 is 1.29 bits per heavy atom. The molecule has 0 bridgehead atoms. The van der Waals surface area contributed by atoms with Crippen molar-refractivity contribution in [1.82, 2.24) is 20.4 Å². The van der Waals surface area contributed by atoms with Crippen LogP contribution in [-0.2, 0) is 17.8 Å². The fourth-order valence-electron chi connectivity index (χ4n) is 7.74. The van der Waals surface area contributed by atoms with Gasteiger partial charge in [0.15, 0.2) is 0 Å². The maximum atomic E-state index is 13.6. The molecule has 0 saturated carbocycles. The van der Waals surface area contributed by atoms with Crippen molar-refractivity contribution >= 4 is 17.7 Å². The second kappa shape index (κ2) is 19.2. The van der Waals surface area contributed by atoms with Crippen molar-refractivity contribution in [1.29, 1.82) is 0 Å². The smallest absolute Gasteiger partial charge is 0.253 e. The number of aryl methyl sites for hydroxylation is 1. The molecule has 6 rings (SSSR count). The zero-order valence-corrected chi connectivity index (χ0v) is 30.5. The molecule has 2 saturated heterocycles. The van der Waals surface area contributed by atoms with Crippen LogP contribution in [0.25, 0.3) is 11.1 Å². The van der Waals surface area contributed by atoms with Crippen LogP contribution in [0.1, 0.15) is 83.2 Å². The molecular formula is C45H54N4O3. The van der Waals surface area contributed by atoms with Crippen LogP contribution in [0.5, 0.6) is 0 Å². The summed E-state index contributed by atoms with van der Waals surface area (Å²) in [5, 5.41) is 6.28. The van der Waals surface area contributed by atoms with Gasteiger partial charge >= 0.3 is 0 Å². The summed E-state index contributed by atoms with van der Waals surface area (Å²) in [7, 11) is 0. The molecule has 2 fully saturated rings. The number of rotatable bonds is 15. The third-order valence-corrected chi connectivity index (χ3v) is 10.9. The van der Waals surface area contributed by atoms with Gasteiger partial charge in [-0.2, -0.15) is 0 Å². The summed E-state index contributed by atoms with van der Waals surface area (Å²) in [4.78, 5) is 43.8. The summed E-state index contributed by atoms with van der Waals surface area (Å²) in [6.45, 7) is 4.92. The van der Waals surface area contributed by atoms with Gasteiger partial charge in [-0.3, -0.25) is 14.4 Å². The molecule has 0 atom stereocenters. The Balaban J connectivity index is 1.06. The van der Waals surface area contributed by atoms with E-state index in [2.05, 4.69) is 34.9 Å². The van der Waals surface area contributed by atoms with Gasteiger partial charge in [0.05, 0.1) is 6.54 Å². The van der Waals surface area contributed by atoms with Gasteiger partial charge in [-0.25, -0.2) is 0 Å². The molecule has 0 radical (unpaired) electrons. The van der Waals surface area contributed by atoms with Crippen LogP contribution < -0.4 is 10.6 Å². The summed E-state index contributed by atoms with van der Waals surface area (Å²) in [6, 6.07) is 35.4. The van der Waals surface area contributed by atoms with E-state index in [0.29, 0.717) is 18.7 Å². The lowest BCUT2D eigenvalue weighted by Crippen LogP contribution is -2.40. The van der Waals surface area contributed by atoms with Gasteiger partial charge in [0, 0.05) is 37.3 Å². The van der Waals surface area contributed by atoms with Crippen molar-refractivity contribution < 1.29 is 14.4 Å². The molecule has 2 heterocycles. The molecule has 4 aromatic rings. The van der Waals surface area contributed by atoms with Crippen molar-refractivity contribution in [3.05, 3.63) is 131 Å². The van der Waals surface area contributed by atoms with Gasteiger partial charge in [-0.15, -0.1) is 0 Å². The Bertz CT molecular complexity index is 1730. The van der Waals surface area contributed by atoms with E-state index in [1.165, 1.54) is 50.8 Å². The van der Waals surface area contributed by atoms with Gasteiger partial charge in [0.25, 0.3) is 11.8 Å². The summed E-state index contributed by atoms with van der Waals surface area (Å²) in [5.74, 6) is 1.34. The number of likely N-dealkylation sites (tertiary alicyclic amines) is 1. The number of amides is 3. The van der Waals surface area contributed by atoms with Gasteiger partial charge < -0.3 is 20.4 Å². The Hall–Kier alpha value is -4.75. The Morgan fingerprint density at radius 3 is 2.02 bits per heavy atom. The standard InChI is InChI=1S/C45H54N4O3/c50-43(33-47-44(51)39-17-5-2-6-18-39)49(28-10-16-35-11-3-1-4-12-35)34-38-15-8-19-40(31-38)41-20-9-21-42(32-41)45(52)48-29-24-37(25-30-48)14-7-13-36-22-26-46-27-23-36/h1-6,8-9,11-12,15,17-21,31-32,36-37,46H,7,10,13-14,16,22-30,33-34H2,(H,47,51). The lowest BCUT2D eigenvalue weighted by molar-refractivity contribution is -0.130. The molecule has 272 valence electrons. The third-order valence-electron chi connectivity index (χ3n) is 10.9. The summed E-state index contributed by atoms with van der Waals surface area (Å²) >= 11 is 0. The molecule has 2 aliphatic rings. The van der Waals surface area contributed by atoms with Gasteiger partial charge in [0.2, 0.25) is 5.91 Å². The number of carbonyl (C=O) groups is 3. The second-order valence-electron chi connectivity index (χ2n) is 14.6. The molecule has 0 unspecified atom stereocenters. The minimum Gasteiger partial charge on any atom is -0.343 e. The number of hydrogen-bond acceptors (Lipinski definition) is 4. The van der Waals surface area contributed by atoms with Crippen LogP contribution in [0, 0.1) is 11.8 Å². The number of carbonyl (C=O) groups excluding carboxylic acids is 3.